The molecule has 0 nitrogen and oxygen atoms in total. The predicted molar refractivity (Wildman–Crippen MR) is 228 cm³/mol. The summed E-state index contributed by atoms with van der Waals surface area (Å²) >= 11 is -2.81. The molecule has 0 radical (unpaired) electrons. The summed E-state index contributed by atoms with van der Waals surface area (Å²) in [4.78, 5) is 0. The Hall–Kier alpha value is -4.45. The van der Waals surface area contributed by atoms with Gasteiger partial charge in [0.1, 0.15) is 0 Å². The van der Waals surface area contributed by atoms with Gasteiger partial charge in [-0.3, -0.25) is 0 Å². The van der Waals surface area contributed by atoms with E-state index >= 15 is 0 Å². The zero-order valence-corrected chi connectivity index (χ0v) is 34.7. The zero-order chi connectivity index (χ0) is 36.9. The second kappa shape index (κ2) is 16.5. The molecule has 3 aliphatic carbocycles. The third-order valence-electron chi connectivity index (χ3n) is 12.0. The van der Waals surface area contributed by atoms with E-state index in [1.807, 2.05) is 3.28 Å². The van der Waals surface area contributed by atoms with E-state index in [9.17, 15) is 0 Å². The van der Waals surface area contributed by atoms with E-state index in [-0.39, 0.29) is 5.41 Å². The van der Waals surface area contributed by atoms with Crippen molar-refractivity contribution in [3.63, 3.8) is 0 Å². The van der Waals surface area contributed by atoms with Crippen LogP contribution < -0.4 is 10.4 Å². The van der Waals surface area contributed by atoms with Crippen molar-refractivity contribution in [2.24, 2.45) is 5.41 Å². The Kier molecular flexibility index (Phi) is 11.2. The predicted octanol–water partition coefficient (Wildman–Crippen LogP) is 11.3. The average molecular weight is 780 g/mol. The molecule has 0 saturated heterocycles. The average Bonchev–Trinajstić information content (AvgIpc) is 3.85. The molecule has 0 bridgehead atoms. The summed E-state index contributed by atoms with van der Waals surface area (Å²) in [6.45, 7) is 7.35. The van der Waals surface area contributed by atoms with Crippen molar-refractivity contribution in [2.75, 3.05) is 0 Å². The summed E-state index contributed by atoms with van der Waals surface area (Å²) < 4.78 is 5.34. The van der Waals surface area contributed by atoms with E-state index in [1.54, 1.807) is 17.6 Å². The molecule has 8 rings (SSSR count). The van der Waals surface area contributed by atoms with E-state index in [0.717, 1.165) is 32.1 Å². The van der Waals surface area contributed by atoms with E-state index in [2.05, 4.69) is 185 Å². The molecule has 1 atom stereocenters. The second-order valence-electron chi connectivity index (χ2n) is 15.8. The maximum atomic E-state index is 2.67. The minimum atomic E-state index is -2.81. The third-order valence-corrected chi connectivity index (χ3v) is 20.3. The topological polar surface area (TPSA) is 0 Å². The van der Waals surface area contributed by atoms with Crippen molar-refractivity contribution in [3.05, 3.63) is 219 Å². The van der Waals surface area contributed by atoms with Gasteiger partial charge in [0.25, 0.3) is 0 Å². The fourth-order valence-electron chi connectivity index (χ4n) is 9.08. The van der Waals surface area contributed by atoms with Gasteiger partial charge >= 0.3 is 333 Å². The van der Waals surface area contributed by atoms with Crippen LogP contribution in [0.4, 0.5) is 0 Å². The van der Waals surface area contributed by atoms with Crippen molar-refractivity contribution in [3.8, 4) is 0 Å². The van der Waals surface area contributed by atoms with Gasteiger partial charge in [0, 0.05) is 0 Å². The third kappa shape index (κ3) is 7.72. The van der Waals surface area contributed by atoms with Gasteiger partial charge in [-0.25, -0.2) is 0 Å². The number of benzene rings is 5. The second-order valence-corrected chi connectivity index (χ2v) is 22.2. The van der Waals surface area contributed by atoms with Crippen LogP contribution in [-0.2, 0) is 47.0 Å². The number of hydrogen-bond acceptors (Lipinski definition) is 0. The summed E-state index contributed by atoms with van der Waals surface area (Å²) in [5.41, 5.74) is 13.1. The van der Waals surface area contributed by atoms with Crippen LogP contribution >= 0.6 is 0 Å². The first kappa shape index (κ1) is 36.5. The molecule has 5 aromatic carbocycles. The van der Waals surface area contributed by atoms with Crippen molar-refractivity contribution in [2.45, 2.75) is 72.1 Å². The number of fused-ring (bicyclic) bond motifs is 2. The molecule has 0 N–H and O–H groups in total. The molecule has 5 aromatic rings. The number of unbranched alkanes of at least 4 members (excludes halogenated alkanes) is 1. The van der Waals surface area contributed by atoms with Gasteiger partial charge in [0.05, 0.1) is 0 Å². The molecule has 0 saturated carbocycles. The van der Waals surface area contributed by atoms with E-state index in [1.165, 1.54) is 68.7 Å². The molecule has 268 valence electrons. The van der Waals surface area contributed by atoms with Crippen molar-refractivity contribution < 1.29 is 21.3 Å². The summed E-state index contributed by atoms with van der Waals surface area (Å²) in [5.74, 6) is 0. The molecule has 0 aromatic heterocycles. The first-order chi connectivity index (χ1) is 26.5. The summed E-state index contributed by atoms with van der Waals surface area (Å²) in [7, 11) is 0. The molecule has 0 amide bonds. The quantitative estimate of drug-likeness (QED) is 0.112. The van der Waals surface area contributed by atoms with Crippen LogP contribution in [0.5, 0.6) is 0 Å². The van der Waals surface area contributed by atoms with Gasteiger partial charge in [-0.2, -0.15) is 0 Å². The van der Waals surface area contributed by atoms with Gasteiger partial charge in [0.15, 0.2) is 0 Å². The molecule has 1 unspecified atom stereocenters. The number of allylic oxidation sites excluding steroid dienone is 8. The molecule has 0 fully saturated rings. The first-order valence-electron chi connectivity index (χ1n) is 20.1. The van der Waals surface area contributed by atoms with Gasteiger partial charge in [-0.05, 0) is 0 Å². The van der Waals surface area contributed by atoms with Crippen LogP contribution in [0.2, 0.25) is 0 Å². The van der Waals surface area contributed by atoms with Gasteiger partial charge in [-0.15, -0.1) is 0 Å². The van der Waals surface area contributed by atoms with Gasteiger partial charge in [0.2, 0.25) is 0 Å². The standard InChI is InChI=1S/C33H33.C15H14.C5H5.Zr/c1-4-5-16-33(3)23-29-20-28-17-24(2)27(18-25-12-8-6-9-13-25)21-31(28)32(29)22-30(33)19-26-14-10-7-11-15-26;1-3-8-14(9-4-1)12-7-13-15-10-5-2-6-11-15;1-2-4-5-3-1;/h6-15,17,20-22H,4-5,16,18-19H2,1-3H3;1-6,8-11H,12-13H2;1-3H,4H2;. The number of hydrogen-bond donors (Lipinski definition) is 0. The monoisotopic (exact) mass is 778 g/mol. The van der Waals surface area contributed by atoms with Crippen molar-refractivity contribution >= 4 is 14.9 Å². The van der Waals surface area contributed by atoms with Crippen LogP contribution in [0.1, 0.15) is 72.9 Å². The minimum absolute atomic E-state index is 0.0258. The maximum absolute atomic E-state index is 2.81. The molecule has 0 aliphatic heterocycles. The number of aryl methyl sites for hydroxylation is 1. The molecule has 0 heterocycles. The Morgan fingerprint density at radius 3 is 1.80 bits per heavy atom. The fraction of sp³-hybridized carbons (Fsp3) is 0.226. The SMILES string of the molecule is CCCCC1(C)C(Cc2ccccc2)=CC2=c3cc(Cc4ccccc4)c(C)cc3=CC2=[C]1[Zr]([C]1=CC=CC1)=[C](Cc1ccccc1)Cc1ccccc1. The Balaban J connectivity index is 1.43. The zero-order valence-electron chi connectivity index (χ0n) is 32.2. The Morgan fingerprint density at radius 2 is 1.24 bits per heavy atom. The van der Waals surface area contributed by atoms with E-state index < -0.39 is 21.3 Å². The van der Waals surface area contributed by atoms with Crippen LogP contribution in [0.25, 0.3) is 11.6 Å². The Bertz CT molecular complexity index is 2380. The van der Waals surface area contributed by atoms with Crippen LogP contribution in [0, 0.1) is 12.3 Å². The fourth-order valence-corrected chi connectivity index (χ4v) is 18.4. The molecule has 54 heavy (non-hydrogen) atoms. The molecule has 0 spiro atoms. The van der Waals surface area contributed by atoms with Gasteiger partial charge in [-0.1, -0.05) is 0 Å². The van der Waals surface area contributed by atoms with Crippen LogP contribution in [0.3, 0.4) is 0 Å². The first-order valence-corrected chi connectivity index (χ1v) is 23.7. The summed E-state index contributed by atoms with van der Waals surface area (Å²) in [6, 6.07) is 50.0. The summed E-state index contributed by atoms with van der Waals surface area (Å²) in [5, 5.41) is 2.83. The van der Waals surface area contributed by atoms with E-state index in [4.69, 9.17) is 0 Å². The van der Waals surface area contributed by atoms with Crippen LogP contribution in [-0.4, -0.2) is 3.21 Å². The van der Waals surface area contributed by atoms with Crippen LogP contribution in [0.15, 0.2) is 175 Å². The van der Waals surface area contributed by atoms with Crippen molar-refractivity contribution in [1.29, 1.82) is 0 Å². The van der Waals surface area contributed by atoms with Gasteiger partial charge < -0.3 is 0 Å². The molecule has 1 heteroatoms. The molecular formula is C53H52Zr. The Morgan fingerprint density at radius 1 is 0.667 bits per heavy atom. The molecule has 3 aliphatic rings. The number of rotatable bonds is 13. The Labute approximate surface area is 330 Å². The summed E-state index contributed by atoms with van der Waals surface area (Å²) in [6.07, 6.45) is 21.3. The molecular weight excluding hydrogens is 728 g/mol. The van der Waals surface area contributed by atoms with Crippen molar-refractivity contribution in [1.82, 2.24) is 0 Å². The van der Waals surface area contributed by atoms with E-state index in [0.29, 0.717) is 0 Å². The normalized spacial score (nSPS) is 17.1.